The largest absolute Gasteiger partial charge is 0.314 e. The SMILES string of the molecule is CC1CNCCN1S(=O)(=O)c1ccc(Br)cc1Cl.Cl. The molecule has 8 heteroatoms. The molecule has 4 nitrogen and oxygen atoms in total. The standard InChI is InChI=1S/C11H14BrClN2O2S.ClH/c1-8-7-14-4-5-15(8)18(16,17)11-3-2-9(12)6-10(11)13;/h2-3,6,8,14H,4-5,7H2,1H3;1H. The molecule has 1 aliphatic rings. The highest BCUT2D eigenvalue weighted by atomic mass is 79.9. The number of nitrogens with zero attached hydrogens (tertiary/aromatic N) is 1. The topological polar surface area (TPSA) is 49.4 Å². The van der Waals surface area contributed by atoms with Crippen LogP contribution in [0.5, 0.6) is 0 Å². The number of rotatable bonds is 2. The second-order valence-electron chi connectivity index (χ2n) is 4.24. The number of halogens is 3. The van der Waals surface area contributed by atoms with E-state index in [9.17, 15) is 8.42 Å². The van der Waals surface area contributed by atoms with Gasteiger partial charge in [0.05, 0.1) is 5.02 Å². The molecule has 1 unspecified atom stereocenters. The third-order valence-corrected chi connectivity index (χ3v) is 5.91. The zero-order chi connectivity index (χ0) is 13.3. The number of nitrogens with one attached hydrogen (secondary N) is 1. The van der Waals surface area contributed by atoms with Gasteiger partial charge in [0, 0.05) is 30.1 Å². The Balaban J connectivity index is 0.00000180. The van der Waals surface area contributed by atoms with Crippen LogP contribution in [0.15, 0.2) is 27.6 Å². The van der Waals surface area contributed by atoms with E-state index in [2.05, 4.69) is 21.2 Å². The van der Waals surface area contributed by atoms with Gasteiger partial charge in [-0.25, -0.2) is 8.42 Å². The first kappa shape index (κ1) is 17.2. The zero-order valence-electron chi connectivity index (χ0n) is 10.3. The average Bonchev–Trinajstić information content (AvgIpc) is 2.28. The van der Waals surface area contributed by atoms with Gasteiger partial charge in [0.25, 0.3) is 0 Å². The summed E-state index contributed by atoms with van der Waals surface area (Å²) >= 11 is 9.30. The molecule has 1 N–H and O–H groups in total. The maximum atomic E-state index is 12.5. The lowest BCUT2D eigenvalue weighted by Gasteiger charge is -2.33. The normalized spacial score (nSPS) is 20.9. The highest BCUT2D eigenvalue weighted by Gasteiger charge is 2.32. The Labute approximate surface area is 133 Å². The molecule has 0 aromatic heterocycles. The first-order valence-corrected chi connectivity index (χ1v) is 8.21. The second-order valence-corrected chi connectivity index (χ2v) is 7.43. The summed E-state index contributed by atoms with van der Waals surface area (Å²) in [6, 6.07) is 4.76. The van der Waals surface area contributed by atoms with Crippen LogP contribution in [-0.4, -0.2) is 38.4 Å². The maximum absolute atomic E-state index is 12.5. The number of piperazine rings is 1. The monoisotopic (exact) mass is 388 g/mol. The third-order valence-electron chi connectivity index (χ3n) is 2.92. The van der Waals surface area contributed by atoms with Gasteiger partial charge in [-0.2, -0.15) is 4.31 Å². The van der Waals surface area contributed by atoms with E-state index in [1.165, 1.54) is 10.4 Å². The summed E-state index contributed by atoms with van der Waals surface area (Å²) in [6.07, 6.45) is 0. The Bertz CT molecular complexity index is 554. The van der Waals surface area contributed by atoms with Crippen LogP contribution in [0.3, 0.4) is 0 Å². The van der Waals surface area contributed by atoms with E-state index >= 15 is 0 Å². The molecular weight excluding hydrogens is 375 g/mol. The minimum Gasteiger partial charge on any atom is -0.314 e. The van der Waals surface area contributed by atoms with Crippen molar-refractivity contribution in [1.82, 2.24) is 9.62 Å². The molecule has 1 aromatic carbocycles. The van der Waals surface area contributed by atoms with Gasteiger partial charge in [0.2, 0.25) is 10.0 Å². The minimum absolute atomic E-state index is 0. The predicted octanol–water partition coefficient (Wildman–Crippen LogP) is 2.51. The summed E-state index contributed by atoms with van der Waals surface area (Å²) in [7, 11) is -3.52. The van der Waals surface area contributed by atoms with Gasteiger partial charge in [-0.1, -0.05) is 27.5 Å². The average molecular weight is 390 g/mol. The molecule has 1 fully saturated rings. The lowest BCUT2D eigenvalue weighted by Crippen LogP contribution is -2.52. The van der Waals surface area contributed by atoms with Crippen molar-refractivity contribution in [2.75, 3.05) is 19.6 Å². The molecule has 0 radical (unpaired) electrons. The summed E-state index contributed by atoms with van der Waals surface area (Å²) in [4.78, 5) is 0.168. The van der Waals surface area contributed by atoms with E-state index in [4.69, 9.17) is 11.6 Å². The number of hydrogen-bond acceptors (Lipinski definition) is 3. The van der Waals surface area contributed by atoms with Crippen LogP contribution >= 0.6 is 39.9 Å². The van der Waals surface area contributed by atoms with Crippen molar-refractivity contribution in [2.45, 2.75) is 17.9 Å². The first-order valence-electron chi connectivity index (χ1n) is 5.60. The molecule has 1 aliphatic heterocycles. The Morgan fingerprint density at radius 2 is 2.16 bits per heavy atom. The summed E-state index contributed by atoms with van der Waals surface area (Å²) in [5.74, 6) is 0. The van der Waals surface area contributed by atoms with Crippen molar-refractivity contribution in [3.8, 4) is 0 Å². The summed E-state index contributed by atoms with van der Waals surface area (Å²) < 4.78 is 27.3. The third kappa shape index (κ3) is 3.62. The van der Waals surface area contributed by atoms with E-state index in [-0.39, 0.29) is 28.4 Å². The van der Waals surface area contributed by atoms with E-state index in [0.717, 1.165) is 4.47 Å². The zero-order valence-corrected chi connectivity index (χ0v) is 14.2. The molecule has 0 amide bonds. The predicted molar refractivity (Wildman–Crippen MR) is 82.6 cm³/mol. The molecule has 0 aliphatic carbocycles. The van der Waals surface area contributed by atoms with Crippen LogP contribution in [0.4, 0.5) is 0 Å². The van der Waals surface area contributed by atoms with Crippen molar-refractivity contribution in [3.63, 3.8) is 0 Å². The molecule has 1 aromatic rings. The van der Waals surface area contributed by atoms with E-state index in [1.54, 1.807) is 12.1 Å². The number of sulfonamides is 1. The minimum atomic E-state index is -3.52. The first-order chi connectivity index (χ1) is 8.43. The van der Waals surface area contributed by atoms with Crippen LogP contribution in [0, 0.1) is 0 Å². The van der Waals surface area contributed by atoms with Crippen LogP contribution < -0.4 is 5.32 Å². The van der Waals surface area contributed by atoms with Crippen molar-refractivity contribution in [1.29, 1.82) is 0 Å². The van der Waals surface area contributed by atoms with Crippen LogP contribution in [0.2, 0.25) is 5.02 Å². The molecule has 0 bridgehead atoms. The van der Waals surface area contributed by atoms with Crippen LogP contribution in [0.1, 0.15) is 6.92 Å². The molecule has 2 rings (SSSR count). The number of hydrogen-bond donors (Lipinski definition) is 1. The smallest absolute Gasteiger partial charge is 0.244 e. The van der Waals surface area contributed by atoms with Gasteiger partial charge in [-0.15, -0.1) is 12.4 Å². The Hall–Kier alpha value is 0.150. The van der Waals surface area contributed by atoms with Gasteiger partial charge in [-0.05, 0) is 25.1 Å². The van der Waals surface area contributed by atoms with Gasteiger partial charge < -0.3 is 5.32 Å². The van der Waals surface area contributed by atoms with Gasteiger partial charge >= 0.3 is 0 Å². The molecule has 0 saturated carbocycles. The van der Waals surface area contributed by atoms with Crippen molar-refractivity contribution in [3.05, 3.63) is 27.7 Å². The summed E-state index contributed by atoms with van der Waals surface area (Å²) in [6.45, 7) is 3.68. The maximum Gasteiger partial charge on any atom is 0.244 e. The van der Waals surface area contributed by atoms with Crippen molar-refractivity contribution >= 4 is 50.0 Å². The summed E-state index contributed by atoms with van der Waals surface area (Å²) in [5.41, 5.74) is 0. The molecule has 108 valence electrons. The summed E-state index contributed by atoms with van der Waals surface area (Å²) in [5, 5.41) is 3.41. The van der Waals surface area contributed by atoms with E-state index in [0.29, 0.717) is 19.6 Å². The highest BCUT2D eigenvalue weighted by molar-refractivity contribution is 9.10. The Morgan fingerprint density at radius 1 is 1.47 bits per heavy atom. The second kappa shape index (κ2) is 6.74. The molecular formula is C11H15BrCl2N2O2S. The molecule has 1 heterocycles. The van der Waals surface area contributed by atoms with Crippen LogP contribution in [-0.2, 0) is 10.0 Å². The fourth-order valence-corrected chi connectivity index (χ4v) is 4.63. The molecule has 1 atom stereocenters. The Morgan fingerprint density at radius 3 is 2.74 bits per heavy atom. The van der Waals surface area contributed by atoms with Crippen molar-refractivity contribution in [2.24, 2.45) is 0 Å². The van der Waals surface area contributed by atoms with Gasteiger partial charge in [0.15, 0.2) is 0 Å². The fourth-order valence-electron chi connectivity index (χ4n) is 1.99. The molecule has 0 spiro atoms. The Kier molecular flexibility index (Phi) is 6.10. The van der Waals surface area contributed by atoms with Gasteiger partial charge in [0.1, 0.15) is 4.90 Å². The lowest BCUT2D eigenvalue weighted by atomic mass is 10.3. The molecule has 19 heavy (non-hydrogen) atoms. The highest BCUT2D eigenvalue weighted by Crippen LogP contribution is 2.28. The van der Waals surface area contributed by atoms with Crippen molar-refractivity contribution < 1.29 is 8.42 Å². The lowest BCUT2D eigenvalue weighted by molar-refractivity contribution is 0.284. The number of benzene rings is 1. The fraction of sp³-hybridized carbons (Fsp3) is 0.455. The van der Waals surface area contributed by atoms with Gasteiger partial charge in [-0.3, -0.25) is 0 Å². The van der Waals surface area contributed by atoms with E-state index < -0.39 is 10.0 Å². The molecule has 1 saturated heterocycles. The van der Waals surface area contributed by atoms with Crippen LogP contribution in [0.25, 0.3) is 0 Å². The quantitative estimate of drug-likeness (QED) is 0.845. The van der Waals surface area contributed by atoms with E-state index in [1.807, 2.05) is 6.92 Å².